The van der Waals surface area contributed by atoms with Gasteiger partial charge >= 0.3 is 6.09 Å². The van der Waals surface area contributed by atoms with Gasteiger partial charge in [-0.15, -0.1) is 0 Å². The predicted octanol–water partition coefficient (Wildman–Crippen LogP) is 2.07. The number of nitrogens with one attached hydrogen (secondary N) is 2. The monoisotopic (exact) mass is 504 g/mol. The molecule has 1 aliphatic carbocycles. The van der Waals surface area contributed by atoms with Gasteiger partial charge in [-0.05, 0) is 46.1 Å². The smallest absolute Gasteiger partial charge is 0.408 e. The molecule has 0 bridgehead atoms. The molecule has 0 spiro atoms. The van der Waals surface area contributed by atoms with Gasteiger partial charge in [-0.3, -0.25) is 14.4 Å². The van der Waals surface area contributed by atoms with Gasteiger partial charge in [0.05, 0.1) is 13.0 Å². The molecule has 1 fully saturated rings. The zero-order valence-corrected chi connectivity index (χ0v) is 21.7. The van der Waals surface area contributed by atoms with Crippen molar-refractivity contribution < 1.29 is 29.0 Å². The third-order valence-electron chi connectivity index (χ3n) is 5.89. The number of hydrogen-bond acceptors (Lipinski definition) is 6. The predicted molar refractivity (Wildman–Crippen MR) is 135 cm³/mol. The summed E-state index contributed by atoms with van der Waals surface area (Å²) < 4.78 is 5.25. The SMILES string of the molecule is Cc1cccc(C(C(=O)NC2CCCCC2)N(CCO)C(=O)C(CC(N)=O)NC(=O)OC(C)(C)C)c1. The lowest BCUT2D eigenvalue weighted by Gasteiger charge is -2.35. The van der Waals surface area contributed by atoms with Crippen LogP contribution >= 0.6 is 0 Å². The Bertz CT molecular complexity index is 923. The fourth-order valence-electron chi connectivity index (χ4n) is 4.37. The maximum atomic E-state index is 13.7. The van der Waals surface area contributed by atoms with Crippen molar-refractivity contribution in [3.05, 3.63) is 35.4 Å². The average Bonchev–Trinajstić information content (AvgIpc) is 2.77. The standard InChI is InChI=1S/C26H40N4O6/c1-17-9-8-10-18(15-17)22(23(33)28-19-11-6-5-7-12-19)30(13-14-31)24(34)20(16-21(27)32)29-25(35)36-26(2,3)4/h8-10,15,19-20,22,31H,5-7,11-14,16H2,1-4H3,(H2,27,32)(H,28,33)(H,29,35). The molecule has 0 saturated heterocycles. The Kier molecular flexibility index (Phi) is 10.7. The van der Waals surface area contributed by atoms with Crippen molar-refractivity contribution in [1.82, 2.24) is 15.5 Å². The number of aliphatic hydroxyl groups excluding tert-OH is 1. The number of ether oxygens (including phenoxy) is 1. The van der Waals surface area contributed by atoms with Gasteiger partial charge in [0, 0.05) is 12.6 Å². The van der Waals surface area contributed by atoms with E-state index in [1.165, 1.54) is 4.90 Å². The quantitative estimate of drug-likeness (QED) is 0.383. The molecular weight excluding hydrogens is 464 g/mol. The van der Waals surface area contributed by atoms with Crippen LogP contribution in [0.3, 0.4) is 0 Å². The first-order chi connectivity index (χ1) is 16.9. The molecule has 36 heavy (non-hydrogen) atoms. The van der Waals surface area contributed by atoms with Gasteiger partial charge in [0.25, 0.3) is 0 Å². The van der Waals surface area contributed by atoms with Gasteiger partial charge in [0.2, 0.25) is 17.7 Å². The maximum absolute atomic E-state index is 13.7. The van der Waals surface area contributed by atoms with Gasteiger partial charge in [-0.1, -0.05) is 49.1 Å². The molecule has 0 aromatic heterocycles. The number of carbonyl (C=O) groups excluding carboxylic acids is 4. The highest BCUT2D eigenvalue weighted by Gasteiger charge is 2.37. The number of carbonyl (C=O) groups is 4. The Morgan fingerprint density at radius 3 is 2.39 bits per heavy atom. The number of hydrogen-bond donors (Lipinski definition) is 4. The summed E-state index contributed by atoms with van der Waals surface area (Å²) in [4.78, 5) is 52.7. The molecule has 0 heterocycles. The fraction of sp³-hybridized carbons (Fsp3) is 0.615. The summed E-state index contributed by atoms with van der Waals surface area (Å²) in [6.07, 6.45) is 3.46. The molecule has 10 heteroatoms. The van der Waals surface area contributed by atoms with Crippen molar-refractivity contribution in [2.24, 2.45) is 5.73 Å². The van der Waals surface area contributed by atoms with E-state index >= 15 is 0 Å². The van der Waals surface area contributed by atoms with Crippen LogP contribution in [0, 0.1) is 6.92 Å². The number of nitrogens with zero attached hydrogens (tertiary/aromatic N) is 1. The zero-order chi connectivity index (χ0) is 26.9. The van der Waals surface area contributed by atoms with E-state index in [1.54, 1.807) is 39.0 Å². The van der Waals surface area contributed by atoms with Gasteiger partial charge in [-0.2, -0.15) is 0 Å². The Morgan fingerprint density at radius 2 is 1.83 bits per heavy atom. The maximum Gasteiger partial charge on any atom is 0.408 e. The zero-order valence-electron chi connectivity index (χ0n) is 21.7. The van der Waals surface area contributed by atoms with Crippen LogP contribution in [-0.4, -0.2) is 64.7 Å². The minimum Gasteiger partial charge on any atom is -0.444 e. The second-order valence-electron chi connectivity index (χ2n) is 10.3. The first-order valence-electron chi connectivity index (χ1n) is 12.5. The highest BCUT2D eigenvalue weighted by Crippen LogP contribution is 2.25. The summed E-state index contributed by atoms with van der Waals surface area (Å²) in [5.74, 6) is -1.92. The van der Waals surface area contributed by atoms with Crippen molar-refractivity contribution in [2.75, 3.05) is 13.2 Å². The van der Waals surface area contributed by atoms with Gasteiger partial charge in [0.1, 0.15) is 17.7 Å². The van der Waals surface area contributed by atoms with Crippen LogP contribution in [0.25, 0.3) is 0 Å². The molecule has 2 atom stereocenters. The molecule has 1 aromatic rings. The Hall–Kier alpha value is -3.14. The highest BCUT2D eigenvalue weighted by atomic mass is 16.6. The molecule has 1 aromatic carbocycles. The minimum atomic E-state index is -1.38. The third kappa shape index (κ3) is 9.14. The number of nitrogens with two attached hydrogens (primary N) is 1. The lowest BCUT2D eigenvalue weighted by atomic mass is 9.94. The fourth-order valence-corrected chi connectivity index (χ4v) is 4.37. The number of amides is 4. The molecule has 2 unspecified atom stereocenters. The number of rotatable bonds is 10. The number of primary amides is 1. The molecule has 1 saturated carbocycles. The van der Waals surface area contributed by atoms with Crippen LogP contribution < -0.4 is 16.4 Å². The number of aryl methyl sites for hydroxylation is 1. The van der Waals surface area contributed by atoms with E-state index in [0.717, 1.165) is 37.7 Å². The second-order valence-corrected chi connectivity index (χ2v) is 10.3. The molecule has 0 aliphatic heterocycles. The van der Waals surface area contributed by atoms with Crippen LogP contribution in [-0.2, 0) is 19.1 Å². The molecule has 2 rings (SSSR count). The summed E-state index contributed by atoms with van der Waals surface area (Å²) >= 11 is 0. The summed E-state index contributed by atoms with van der Waals surface area (Å²) in [5, 5.41) is 15.3. The van der Waals surface area contributed by atoms with Crippen molar-refractivity contribution in [3.63, 3.8) is 0 Å². The normalized spacial score (nSPS) is 15.9. The summed E-state index contributed by atoms with van der Waals surface area (Å²) in [5.41, 5.74) is 5.98. The first kappa shape index (κ1) is 29.1. The summed E-state index contributed by atoms with van der Waals surface area (Å²) in [7, 11) is 0. The van der Waals surface area contributed by atoms with Crippen molar-refractivity contribution in [1.29, 1.82) is 0 Å². The molecule has 10 nitrogen and oxygen atoms in total. The Balaban J connectivity index is 2.42. The van der Waals surface area contributed by atoms with E-state index in [-0.39, 0.29) is 18.5 Å². The Morgan fingerprint density at radius 1 is 1.17 bits per heavy atom. The number of benzene rings is 1. The van der Waals surface area contributed by atoms with Crippen LogP contribution in [0.1, 0.15) is 76.5 Å². The van der Waals surface area contributed by atoms with Crippen molar-refractivity contribution in [3.8, 4) is 0 Å². The van der Waals surface area contributed by atoms with E-state index < -0.39 is 48.6 Å². The second kappa shape index (κ2) is 13.2. The van der Waals surface area contributed by atoms with Crippen molar-refractivity contribution >= 4 is 23.8 Å². The minimum absolute atomic E-state index is 0.00839. The van der Waals surface area contributed by atoms with Crippen LogP contribution in [0.4, 0.5) is 4.79 Å². The van der Waals surface area contributed by atoms with E-state index in [0.29, 0.717) is 5.56 Å². The third-order valence-corrected chi connectivity index (χ3v) is 5.89. The average molecular weight is 505 g/mol. The van der Waals surface area contributed by atoms with Gasteiger partial charge in [-0.25, -0.2) is 4.79 Å². The van der Waals surface area contributed by atoms with Crippen molar-refractivity contribution in [2.45, 2.75) is 89.9 Å². The largest absolute Gasteiger partial charge is 0.444 e. The topological polar surface area (TPSA) is 151 Å². The lowest BCUT2D eigenvalue weighted by molar-refractivity contribution is -0.144. The van der Waals surface area contributed by atoms with E-state index in [9.17, 15) is 24.3 Å². The van der Waals surface area contributed by atoms with Crippen LogP contribution in [0.2, 0.25) is 0 Å². The number of alkyl carbamates (subject to hydrolysis) is 1. The van der Waals surface area contributed by atoms with Crippen LogP contribution in [0.15, 0.2) is 24.3 Å². The van der Waals surface area contributed by atoms with E-state index in [4.69, 9.17) is 10.5 Å². The van der Waals surface area contributed by atoms with Crippen LogP contribution in [0.5, 0.6) is 0 Å². The van der Waals surface area contributed by atoms with E-state index in [2.05, 4.69) is 10.6 Å². The Labute approximate surface area is 212 Å². The molecule has 200 valence electrons. The summed E-state index contributed by atoms with van der Waals surface area (Å²) in [6.45, 7) is 6.25. The highest BCUT2D eigenvalue weighted by molar-refractivity contribution is 5.94. The molecule has 1 aliphatic rings. The summed E-state index contributed by atoms with van der Waals surface area (Å²) in [6, 6.07) is 4.73. The molecule has 4 amide bonds. The molecular formula is C26H40N4O6. The van der Waals surface area contributed by atoms with Gasteiger partial charge in [0.15, 0.2) is 0 Å². The first-order valence-corrected chi connectivity index (χ1v) is 12.5. The lowest BCUT2D eigenvalue weighted by Crippen LogP contribution is -2.55. The molecule has 0 radical (unpaired) electrons. The number of aliphatic hydroxyl groups is 1. The van der Waals surface area contributed by atoms with Gasteiger partial charge < -0.3 is 31.1 Å². The van der Waals surface area contributed by atoms with E-state index in [1.807, 2.05) is 13.0 Å². The molecule has 5 N–H and O–H groups in total.